The second kappa shape index (κ2) is 6.63. The summed E-state index contributed by atoms with van der Waals surface area (Å²) >= 11 is 7.17. The first-order chi connectivity index (χ1) is 9.54. The quantitative estimate of drug-likeness (QED) is 0.667. The number of amides is 1. The highest BCUT2D eigenvalue weighted by Gasteiger charge is 2.08. The predicted molar refractivity (Wildman–Crippen MR) is 81.6 cm³/mol. The summed E-state index contributed by atoms with van der Waals surface area (Å²) in [7, 11) is 0. The molecular weight excluding hydrogens is 299 g/mol. The van der Waals surface area contributed by atoms with E-state index in [2.05, 4.69) is 5.32 Å². The van der Waals surface area contributed by atoms with Gasteiger partial charge in [0.2, 0.25) is 5.91 Å². The Kier molecular flexibility index (Phi) is 4.87. The maximum Gasteiger partial charge on any atom is 0.234 e. The Morgan fingerprint density at radius 3 is 2.85 bits per heavy atom. The number of benzene rings is 2. The smallest absolute Gasteiger partial charge is 0.234 e. The molecular formula is C14H12ClFN2OS. The molecule has 0 saturated heterocycles. The van der Waals surface area contributed by atoms with Gasteiger partial charge in [-0.15, -0.1) is 11.8 Å². The molecule has 2 aromatic rings. The van der Waals surface area contributed by atoms with Gasteiger partial charge in [0.1, 0.15) is 5.82 Å². The summed E-state index contributed by atoms with van der Waals surface area (Å²) in [6, 6.07) is 11.2. The third-order valence-corrected chi connectivity index (χ3v) is 3.66. The Balaban J connectivity index is 1.94. The van der Waals surface area contributed by atoms with Crippen LogP contribution in [0.2, 0.25) is 5.02 Å². The Labute approximate surface area is 125 Å². The Morgan fingerprint density at radius 2 is 2.10 bits per heavy atom. The fraction of sp³-hybridized carbons (Fsp3) is 0.0714. The van der Waals surface area contributed by atoms with Crippen molar-refractivity contribution >= 4 is 40.6 Å². The lowest BCUT2D eigenvalue weighted by molar-refractivity contribution is -0.113. The third-order valence-electron chi connectivity index (χ3n) is 2.43. The molecule has 0 fully saturated rings. The molecule has 0 unspecified atom stereocenters. The minimum Gasteiger partial charge on any atom is -0.399 e. The zero-order valence-corrected chi connectivity index (χ0v) is 12.0. The van der Waals surface area contributed by atoms with Crippen molar-refractivity contribution in [2.45, 2.75) is 4.90 Å². The van der Waals surface area contributed by atoms with Crippen LogP contribution in [0.4, 0.5) is 15.8 Å². The summed E-state index contributed by atoms with van der Waals surface area (Å²) < 4.78 is 13.5. The molecule has 1 amide bonds. The zero-order valence-electron chi connectivity index (χ0n) is 10.4. The van der Waals surface area contributed by atoms with Crippen molar-refractivity contribution in [2.24, 2.45) is 0 Å². The molecule has 0 heterocycles. The van der Waals surface area contributed by atoms with Crippen molar-refractivity contribution in [3.05, 3.63) is 53.3 Å². The molecule has 0 aliphatic rings. The molecule has 0 aliphatic heterocycles. The minimum atomic E-state index is -0.514. The topological polar surface area (TPSA) is 55.1 Å². The van der Waals surface area contributed by atoms with Gasteiger partial charge in [0.15, 0.2) is 0 Å². The van der Waals surface area contributed by atoms with Crippen LogP contribution in [0.1, 0.15) is 0 Å². The van der Waals surface area contributed by atoms with E-state index >= 15 is 0 Å². The molecule has 6 heteroatoms. The summed E-state index contributed by atoms with van der Waals surface area (Å²) in [6.07, 6.45) is 0. The second-order valence-corrected chi connectivity index (χ2v) is 5.52. The van der Waals surface area contributed by atoms with E-state index in [0.29, 0.717) is 10.7 Å². The van der Waals surface area contributed by atoms with E-state index in [1.54, 1.807) is 18.2 Å². The first-order valence-corrected chi connectivity index (χ1v) is 7.14. The van der Waals surface area contributed by atoms with E-state index < -0.39 is 5.82 Å². The third kappa shape index (κ3) is 4.15. The van der Waals surface area contributed by atoms with Gasteiger partial charge in [0, 0.05) is 15.6 Å². The van der Waals surface area contributed by atoms with Crippen molar-refractivity contribution in [3.8, 4) is 0 Å². The lowest BCUT2D eigenvalue weighted by atomic mass is 10.2. The highest BCUT2D eigenvalue weighted by atomic mass is 35.5. The average molecular weight is 311 g/mol. The molecule has 0 aliphatic carbocycles. The number of hydrogen-bond acceptors (Lipinski definition) is 3. The van der Waals surface area contributed by atoms with Crippen molar-refractivity contribution < 1.29 is 9.18 Å². The van der Waals surface area contributed by atoms with Crippen LogP contribution >= 0.6 is 23.4 Å². The first-order valence-electron chi connectivity index (χ1n) is 5.78. The van der Waals surface area contributed by atoms with Gasteiger partial charge in [-0.2, -0.15) is 0 Å². The summed E-state index contributed by atoms with van der Waals surface area (Å²) in [5, 5.41) is 3.10. The number of carbonyl (C=O) groups is 1. The number of hydrogen-bond donors (Lipinski definition) is 2. The molecule has 104 valence electrons. The number of thioether (sulfide) groups is 1. The van der Waals surface area contributed by atoms with E-state index in [0.717, 1.165) is 4.90 Å². The highest BCUT2D eigenvalue weighted by Crippen LogP contribution is 2.22. The minimum absolute atomic E-state index is 0.0849. The molecule has 3 nitrogen and oxygen atoms in total. The van der Waals surface area contributed by atoms with Gasteiger partial charge in [0.05, 0.1) is 11.4 Å². The van der Waals surface area contributed by atoms with E-state index in [-0.39, 0.29) is 17.3 Å². The number of anilines is 2. The largest absolute Gasteiger partial charge is 0.399 e. The molecule has 0 spiro atoms. The predicted octanol–water partition coefficient (Wildman–Crippen LogP) is 3.79. The first kappa shape index (κ1) is 14.7. The molecule has 0 bridgehead atoms. The van der Waals surface area contributed by atoms with E-state index in [9.17, 15) is 9.18 Å². The number of nitrogens with two attached hydrogens (primary N) is 1. The summed E-state index contributed by atoms with van der Waals surface area (Å²) in [5.41, 5.74) is 6.02. The molecule has 2 aromatic carbocycles. The Bertz CT molecular complexity index is 636. The van der Waals surface area contributed by atoms with Gasteiger partial charge in [-0.1, -0.05) is 17.7 Å². The van der Waals surface area contributed by atoms with Gasteiger partial charge in [0.25, 0.3) is 0 Å². The van der Waals surface area contributed by atoms with Crippen LogP contribution in [-0.4, -0.2) is 11.7 Å². The number of nitrogens with one attached hydrogen (secondary N) is 1. The molecule has 3 N–H and O–H groups in total. The highest BCUT2D eigenvalue weighted by molar-refractivity contribution is 8.00. The van der Waals surface area contributed by atoms with Crippen LogP contribution < -0.4 is 11.1 Å². The zero-order chi connectivity index (χ0) is 14.5. The SMILES string of the molecule is Nc1ccc(F)c(NC(=O)CSc2cccc(Cl)c2)c1. The summed E-state index contributed by atoms with van der Waals surface area (Å²) in [4.78, 5) is 12.6. The van der Waals surface area contributed by atoms with Crippen LogP contribution in [0.3, 0.4) is 0 Å². The molecule has 20 heavy (non-hydrogen) atoms. The molecule has 0 aromatic heterocycles. The van der Waals surface area contributed by atoms with Gasteiger partial charge in [-0.3, -0.25) is 4.79 Å². The monoisotopic (exact) mass is 310 g/mol. The van der Waals surface area contributed by atoms with Crippen LogP contribution in [0.15, 0.2) is 47.4 Å². The number of nitrogen functional groups attached to an aromatic ring is 1. The summed E-state index contributed by atoms with van der Waals surface area (Å²) in [6.45, 7) is 0. The summed E-state index contributed by atoms with van der Waals surface area (Å²) in [5.74, 6) is -0.658. The Morgan fingerprint density at radius 1 is 1.30 bits per heavy atom. The second-order valence-electron chi connectivity index (χ2n) is 4.03. The van der Waals surface area contributed by atoms with Gasteiger partial charge in [-0.25, -0.2) is 4.39 Å². The van der Waals surface area contributed by atoms with Gasteiger partial charge < -0.3 is 11.1 Å². The lowest BCUT2D eigenvalue weighted by Gasteiger charge is -2.07. The average Bonchev–Trinajstić information content (AvgIpc) is 2.41. The number of halogens is 2. The maximum atomic E-state index is 13.5. The number of rotatable bonds is 4. The fourth-order valence-electron chi connectivity index (χ4n) is 1.53. The molecule has 0 saturated carbocycles. The molecule has 0 radical (unpaired) electrons. The standard InChI is InChI=1S/C14H12ClFN2OS/c15-9-2-1-3-11(6-9)20-8-14(19)18-13-7-10(17)4-5-12(13)16/h1-7H,8,17H2,(H,18,19). The van der Waals surface area contributed by atoms with Gasteiger partial charge in [-0.05, 0) is 36.4 Å². The number of carbonyl (C=O) groups excluding carboxylic acids is 1. The fourth-order valence-corrected chi connectivity index (χ4v) is 2.54. The van der Waals surface area contributed by atoms with Crippen LogP contribution in [0.25, 0.3) is 0 Å². The van der Waals surface area contributed by atoms with Crippen LogP contribution in [0, 0.1) is 5.82 Å². The van der Waals surface area contributed by atoms with E-state index in [4.69, 9.17) is 17.3 Å². The lowest BCUT2D eigenvalue weighted by Crippen LogP contribution is -2.15. The molecule has 2 rings (SSSR count). The maximum absolute atomic E-state index is 13.5. The van der Waals surface area contributed by atoms with E-state index in [1.165, 1.54) is 30.0 Å². The molecule has 0 atom stereocenters. The van der Waals surface area contributed by atoms with Crippen molar-refractivity contribution in [1.29, 1.82) is 0 Å². The van der Waals surface area contributed by atoms with E-state index in [1.807, 2.05) is 6.07 Å². The van der Waals surface area contributed by atoms with Crippen molar-refractivity contribution in [2.75, 3.05) is 16.8 Å². The van der Waals surface area contributed by atoms with Crippen molar-refractivity contribution in [1.82, 2.24) is 0 Å². The normalized spacial score (nSPS) is 10.3. The van der Waals surface area contributed by atoms with Crippen LogP contribution in [0.5, 0.6) is 0 Å². The Hall–Kier alpha value is -1.72. The van der Waals surface area contributed by atoms with Crippen molar-refractivity contribution in [3.63, 3.8) is 0 Å². The van der Waals surface area contributed by atoms with Crippen LogP contribution in [-0.2, 0) is 4.79 Å². The van der Waals surface area contributed by atoms with Gasteiger partial charge >= 0.3 is 0 Å².